The van der Waals surface area contributed by atoms with Crippen LogP contribution in [0.3, 0.4) is 0 Å². The molecule has 0 aliphatic carbocycles. The van der Waals surface area contributed by atoms with Gasteiger partial charge in [-0.2, -0.15) is 0 Å². The lowest BCUT2D eigenvalue weighted by atomic mass is 10.0. The van der Waals surface area contributed by atoms with E-state index in [1.54, 1.807) is 0 Å². The number of rotatable bonds is 58. The van der Waals surface area contributed by atoms with Gasteiger partial charge in [-0.3, -0.25) is 14.4 Å². The van der Waals surface area contributed by atoms with Gasteiger partial charge in [0.15, 0.2) is 6.10 Å². The van der Waals surface area contributed by atoms with E-state index in [1.807, 2.05) is 0 Å². The lowest BCUT2D eigenvalue weighted by molar-refractivity contribution is -0.167. The van der Waals surface area contributed by atoms with Crippen LogP contribution in [0.25, 0.3) is 0 Å². The summed E-state index contributed by atoms with van der Waals surface area (Å²) in [5.74, 6) is -0.944. The van der Waals surface area contributed by atoms with Crippen molar-refractivity contribution in [2.45, 2.75) is 322 Å². The highest BCUT2D eigenvalue weighted by Crippen LogP contribution is 2.17. The number of esters is 3. The first kappa shape index (κ1) is 71.6. The zero-order valence-electron chi connectivity index (χ0n) is 49.6. The molecule has 0 fully saturated rings. The van der Waals surface area contributed by atoms with Crippen LogP contribution in [0.2, 0.25) is 0 Å². The Morgan fingerprint density at radius 1 is 0.280 bits per heavy atom. The average molecular weight is 1050 g/mol. The maximum atomic E-state index is 12.9. The van der Waals surface area contributed by atoms with Crippen molar-refractivity contribution < 1.29 is 28.6 Å². The van der Waals surface area contributed by atoms with Crippen molar-refractivity contribution in [3.63, 3.8) is 0 Å². The van der Waals surface area contributed by atoms with Crippen molar-refractivity contribution in [1.82, 2.24) is 0 Å². The van der Waals surface area contributed by atoms with Crippen molar-refractivity contribution in [1.29, 1.82) is 0 Å². The molecule has 0 saturated heterocycles. The van der Waals surface area contributed by atoms with Gasteiger partial charge in [0.2, 0.25) is 0 Å². The topological polar surface area (TPSA) is 78.9 Å². The Balaban J connectivity index is 4.41. The molecule has 0 aliphatic rings. The molecule has 0 aromatic heterocycles. The maximum absolute atomic E-state index is 12.9. The number of allylic oxidation sites excluding steroid dienone is 14. The fourth-order valence-corrected chi connectivity index (χ4v) is 9.10. The molecular weight excluding hydrogens is 925 g/mol. The Hall–Kier alpha value is -3.41. The molecule has 1 atom stereocenters. The standard InChI is InChI=1S/C69H120O6/c1-4-7-10-13-16-19-22-25-28-31-33-34-36-38-41-44-47-50-53-56-59-62-68(71)74-65-66(64-73-67(70)61-58-55-52-49-46-43-40-37-30-27-24-21-18-15-12-9-6-3)75-69(72)63-60-57-54-51-48-45-42-39-35-32-29-26-23-20-17-14-11-8-5-2/h9,12,17-18,20-21,26-27,29-30,40,43,49,52,66H,4-8,10-11,13-16,19,22-25,28,31-39,41-42,44-48,50-51,53-65H2,1-3H3/b12-9-,20-17-,21-18-,29-26-,30-27-,43-40-,52-49-/t66-/m1/s1. The average Bonchev–Trinajstić information content (AvgIpc) is 3.41. The summed E-state index contributed by atoms with van der Waals surface area (Å²) in [6.45, 7) is 6.49. The predicted octanol–water partition coefficient (Wildman–Crippen LogP) is 21.9. The molecule has 0 unspecified atom stereocenters. The van der Waals surface area contributed by atoms with Gasteiger partial charge in [0.05, 0.1) is 0 Å². The van der Waals surface area contributed by atoms with Crippen molar-refractivity contribution in [3.8, 4) is 0 Å². The lowest BCUT2D eigenvalue weighted by Gasteiger charge is -2.18. The third-order valence-electron chi connectivity index (χ3n) is 13.9. The third kappa shape index (κ3) is 61.3. The third-order valence-corrected chi connectivity index (χ3v) is 13.9. The van der Waals surface area contributed by atoms with Crippen molar-refractivity contribution >= 4 is 17.9 Å². The van der Waals surface area contributed by atoms with Crippen LogP contribution < -0.4 is 0 Å². The van der Waals surface area contributed by atoms with E-state index in [2.05, 4.69) is 106 Å². The first-order valence-electron chi connectivity index (χ1n) is 32.1. The molecule has 0 spiro atoms. The summed E-state index contributed by atoms with van der Waals surface area (Å²) in [6, 6.07) is 0. The second-order valence-electron chi connectivity index (χ2n) is 21.3. The van der Waals surface area contributed by atoms with Gasteiger partial charge in [-0.25, -0.2) is 0 Å². The van der Waals surface area contributed by atoms with Gasteiger partial charge < -0.3 is 14.2 Å². The highest BCUT2D eigenvalue weighted by Gasteiger charge is 2.19. The van der Waals surface area contributed by atoms with Gasteiger partial charge in [-0.1, -0.05) is 292 Å². The van der Waals surface area contributed by atoms with E-state index in [4.69, 9.17) is 14.2 Å². The fraction of sp³-hybridized carbons (Fsp3) is 0.754. The SMILES string of the molecule is CC/C=C\C/C=C\C/C=C\C/C=C\C/C=C\CCCC(=O)OC[C@H](COC(=O)CCCCCCCCCCCCCCCCCCCCCCC)OC(=O)CCCCCCCCCCC/C=C\C/C=C\CCCCC. The molecule has 0 N–H and O–H groups in total. The second-order valence-corrected chi connectivity index (χ2v) is 21.3. The molecule has 0 radical (unpaired) electrons. The first-order chi connectivity index (χ1) is 37.0. The van der Waals surface area contributed by atoms with Gasteiger partial charge in [-0.05, 0) is 89.9 Å². The number of hydrogen-bond donors (Lipinski definition) is 0. The molecule has 0 aromatic carbocycles. The van der Waals surface area contributed by atoms with Gasteiger partial charge >= 0.3 is 17.9 Å². The van der Waals surface area contributed by atoms with E-state index in [0.29, 0.717) is 19.3 Å². The number of ether oxygens (including phenoxy) is 3. The number of hydrogen-bond acceptors (Lipinski definition) is 6. The molecule has 0 bridgehead atoms. The highest BCUT2D eigenvalue weighted by atomic mass is 16.6. The molecule has 6 heteroatoms. The molecule has 0 aliphatic heterocycles. The summed E-state index contributed by atoms with van der Waals surface area (Å²) in [7, 11) is 0. The van der Waals surface area contributed by atoms with E-state index in [-0.39, 0.29) is 37.5 Å². The summed E-state index contributed by atoms with van der Waals surface area (Å²) in [6.07, 6.45) is 83.1. The Bertz CT molecular complexity index is 1430. The Kier molecular flexibility index (Phi) is 60.3. The van der Waals surface area contributed by atoms with Gasteiger partial charge in [0.1, 0.15) is 13.2 Å². The Labute approximate surface area is 465 Å². The van der Waals surface area contributed by atoms with Crippen LogP contribution in [0.15, 0.2) is 85.1 Å². The van der Waals surface area contributed by atoms with Crippen molar-refractivity contribution in [2.75, 3.05) is 13.2 Å². The predicted molar refractivity (Wildman–Crippen MR) is 325 cm³/mol. The quantitative estimate of drug-likeness (QED) is 0.0261. The summed E-state index contributed by atoms with van der Waals surface area (Å²) >= 11 is 0. The molecule has 6 nitrogen and oxygen atoms in total. The van der Waals surface area contributed by atoms with Crippen LogP contribution in [0.5, 0.6) is 0 Å². The molecular formula is C69H120O6. The van der Waals surface area contributed by atoms with E-state index in [9.17, 15) is 14.4 Å². The number of carbonyl (C=O) groups excluding carboxylic acids is 3. The van der Waals surface area contributed by atoms with Crippen LogP contribution >= 0.6 is 0 Å². The Morgan fingerprint density at radius 2 is 0.533 bits per heavy atom. The summed E-state index contributed by atoms with van der Waals surface area (Å²) in [4.78, 5) is 38.3. The van der Waals surface area contributed by atoms with Crippen molar-refractivity contribution in [2.24, 2.45) is 0 Å². The van der Waals surface area contributed by atoms with E-state index >= 15 is 0 Å². The maximum Gasteiger partial charge on any atom is 0.306 e. The van der Waals surface area contributed by atoms with Crippen LogP contribution in [0.1, 0.15) is 316 Å². The van der Waals surface area contributed by atoms with Crippen LogP contribution in [-0.4, -0.2) is 37.2 Å². The van der Waals surface area contributed by atoms with Gasteiger partial charge in [0, 0.05) is 19.3 Å². The zero-order chi connectivity index (χ0) is 54.3. The summed E-state index contributed by atoms with van der Waals surface area (Å²) < 4.78 is 16.9. The number of unbranched alkanes of at least 4 members (excludes halogenated alkanes) is 33. The zero-order valence-corrected chi connectivity index (χ0v) is 49.6. The van der Waals surface area contributed by atoms with Crippen molar-refractivity contribution in [3.05, 3.63) is 85.1 Å². The second kappa shape index (κ2) is 63.1. The molecule has 0 rings (SSSR count). The van der Waals surface area contributed by atoms with E-state index < -0.39 is 6.10 Å². The summed E-state index contributed by atoms with van der Waals surface area (Å²) in [5.41, 5.74) is 0. The monoisotopic (exact) mass is 1040 g/mol. The van der Waals surface area contributed by atoms with Crippen LogP contribution in [0.4, 0.5) is 0 Å². The Morgan fingerprint density at radius 3 is 0.893 bits per heavy atom. The fourth-order valence-electron chi connectivity index (χ4n) is 9.10. The number of carbonyl (C=O) groups is 3. The normalized spacial score (nSPS) is 12.6. The molecule has 0 saturated carbocycles. The minimum absolute atomic E-state index is 0.0933. The van der Waals surface area contributed by atoms with Crippen LogP contribution in [-0.2, 0) is 28.6 Å². The highest BCUT2D eigenvalue weighted by molar-refractivity contribution is 5.71. The van der Waals surface area contributed by atoms with E-state index in [1.165, 1.54) is 186 Å². The minimum Gasteiger partial charge on any atom is -0.462 e. The molecule has 75 heavy (non-hydrogen) atoms. The van der Waals surface area contributed by atoms with E-state index in [0.717, 1.165) is 83.5 Å². The van der Waals surface area contributed by atoms with Gasteiger partial charge in [0.25, 0.3) is 0 Å². The largest absolute Gasteiger partial charge is 0.462 e. The van der Waals surface area contributed by atoms with Crippen LogP contribution in [0, 0.1) is 0 Å². The molecule has 432 valence electrons. The summed E-state index contributed by atoms with van der Waals surface area (Å²) in [5, 5.41) is 0. The van der Waals surface area contributed by atoms with Gasteiger partial charge in [-0.15, -0.1) is 0 Å². The lowest BCUT2D eigenvalue weighted by Crippen LogP contribution is -2.30. The smallest absolute Gasteiger partial charge is 0.306 e. The first-order valence-corrected chi connectivity index (χ1v) is 32.1. The molecule has 0 aromatic rings. The molecule has 0 heterocycles. The molecule has 0 amide bonds. The minimum atomic E-state index is -0.802.